The Hall–Kier alpha value is -0.860. The van der Waals surface area contributed by atoms with Crippen molar-refractivity contribution in [3.8, 4) is 0 Å². The van der Waals surface area contributed by atoms with Crippen molar-refractivity contribution in [2.24, 2.45) is 16.3 Å². The Bertz CT molecular complexity index is 606. The lowest BCUT2D eigenvalue weighted by Gasteiger charge is -2.42. The van der Waals surface area contributed by atoms with E-state index in [2.05, 4.69) is 50.9 Å². The van der Waals surface area contributed by atoms with Gasteiger partial charge in [-0.15, -0.1) is 24.0 Å². The standard InChI is InChI=1S/C23H38N4O.HI/c1-24-22(26-19-23(11-6-12-23)13-16-28-2)25-17-21-10-15-27(18-21)14-9-20-7-4-3-5-8-20;/h3-5,7-8,21H,6,9-19H2,1-2H3,(H2,24,25,26);1H. The summed E-state index contributed by atoms with van der Waals surface area (Å²) in [5, 5.41) is 7.14. The fourth-order valence-corrected chi connectivity index (χ4v) is 4.46. The lowest BCUT2D eigenvalue weighted by molar-refractivity contribution is 0.0732. The first-order chi connectivity index (χ1) is 13.7. The molecule has 0 bridgehead atoms. The Morgan fingerprint density at radius 1 is 1.24 bits per heavy atom. The first-order valence-electron chi connectivity index (χ1n) is 10.9. The SMILES string of the molecule is CN=C(NCC1CCN(CCc2ccccc2)C1)NCC1(CCOC)CCC1.I. The molecule has 164 valence electrons. The number of ether oxygens (including phenoxy) is 1. The van der Waals surface area contributed by atoms with E-state index in [4.69, 9.17) is 4.74 Å². The minimum atomic E-state index is 0. The van der Waals surface area contributed by atoms with Gasteiger partial charge in [0.25, 0.3) is 0 Å². The Morgan fingerprint density at radius 3 is 2.69 bits per heavy atom. The van der Waals surface area contributed by atoms with Crippen molar-refractivity contribution in [2.45, 2.75) is 38.5 Å². The molecule has 0 spiro atoms. The average Bonchev–Trinajstić information content (AvgIpc) is 3.16. The topological polar surface area (TPSA) is 48.9 Å². The van der Waals surface area contributed by atoms with Crippen LogP contribution in [-0.4, -0.2) is 64.3 Å². The Balaban J connectivity index is 0.00000300. The highest BCUT2D eigenvalue weighted by atomic mass is 127. The highest BCUT2D eigenvalue weighted by molar-refractivity contribution is 14.0. The number of benzene rings is 1. The molecular formula is C23H39IN4O. The lowest BCUT2D eigenvalue weighted by atomic mass is 9.67. The molecule has 1 heterocycles. The summed E-state index contributed by atoms with van der Waals surface area (Å²) < 4.78 is 5.30. The third-order valence-corrected chi connectivity index (χ3v) is 6.59. The van der Waals surface area contributed by atoms with Crippen LogP contribution < -0.4 is 10.6 Å². The summed E-state index contributed by atoms with van der Waals surface area (Å²) in [7, 11) is 3.67. The highest BCUT2D eigenvalue weighted by Gasteiger charge is 2.36. The summed E-state index contributed by atoms with van der Waals surface area (Å²) in [5.41, 5.74) is 1.85. The number of hydrogen-bond donors (Lipinski definition) is 2. The van der Waals surface area contributed by atoms with Crippen LogP contribution in [0.25, 0.3) is 0 Å². The highest BCUT2D eigenvalue weighted by Crippen LogP contribution is 2.43. The number of nitrogens with zero attached hydrogens (tertiary/aromatic N) is 2. The molecule has 2 fully saturated rings. The molecule has 0 aromatic heterocycles. The Kier molecular flexibility index (Phi) is 10.7. The molecule has 0 radical (unpaired) electrons. The summed E-state index contributed by atoms with van der Waals surface area (Å²) >= 11 is 0. The molecule has 1 aliphatic heterocycles. The van der Waals surface area contributed by atoms with E-state index in [0.29, 0.717) is 11.3 Å². The molecule has 1 unspecified atom stereocenters. The van der Waals surface area contributed by atoms with Crippen LogP contribution in [0.3, 0.4) is 0 Å². The van der Waals surface area contributed by atoms with E-state index in [0.717, 1.165) is 45.0 Å². The van der Waals surface area contributed by atoms with Crippen molar-refractivity contribution in [2.75, 3.05) is 53.5 Å². The van der Waals surface area contributed by atoms with Crippen LogP contribution in [-0.2, 0) is 11.2 Å². The number of aliphatic imine (C=N–C) groups is 1. The quantitative estimate of drug-likeness (QED) is 0.285. The normalized spacial score (nSPS) is 21.3. The number of hydrogen-bond acceptors (Lipinski definition) is 3. The summed E-state index contributed by atoms with van der Waals surface area (Å²) in [6, 6.07) is 10.8. The average molecular weight is 514 g/mol. The van der Waals surface area contributed by atoms with Crippen molar-refractivity contribution in [3.63, 3.8) is 0 Å². The van der Waals surface area contributed by atoms with E-state index in [-0.39, 0.29) is 24.0 Å². The van der Waals surface area contributed by atoms with Crippen LogP contribution in [0.5, 0.6) is 0 Å². The van der Waals surface area contributed by atoms with Crippen LogP contribution in [0.4, 0.5) is 0 Å². The van der Waals surface area contributed by atoms with Gasteiger partial charge in [0.1, 0.15) is 0 Å². The molecular weight excluding hydrogens is 475 g/mol. The fourth-order valence-electron chi connectivity index (χ4n) is 4.46. The van der Waals surface area contributed by atoms with Crippen LogP contribution >= 0.6 is 24.0 Å². The zero-order valence-corrected chi connectivity index (χ0v) is 20.5. The zero-order chi connectivity index (χ0) is 19.7. The van der Waals surface area contributed by atoms with Crippen molar-refractivity contribution >= 4 is 29.9 Å². The molecule has 5 nitrogen and oxygen atoms in total. The van der Waals surface area contributed by atoms with E-state index in [9.17, 15) is 0 Å². The third kappa shape index (κ3) is 7.72. The summed E-state index contributed by atoms with van der Waals surface area (Å²) in [4.78, 5) is 7.04. The number of halogens is 1. The second-order valence-corrected chi connectivity index (χ2v) is 8.59. The molecule has 6 heteroatoms. The predicted molar refractivity (Wildman–Crippen MR) is 132 cm³/mol. The summed E-state index contributed by atoms with van der Waals surface area (Å²) in [6.45, 7) is 6.43. The monoisotopic (exact) mass is 514 g/mol. The third-order valence-electron chi connectivity index (χ3n) is 6.59. The van der Waals surface area contributed by atoms with E-state index in [1.165, 1.54) is 44.3 Å². The number of methoxy groups -OCH3 is 1. The largest absolute Gasteiger partial charge is 0.385 e. The second kappa shape index (κ2) is 12.7. The summed E-state index contributed by atoms with van der Waals surface area (Å²) in [6.07, 6.45) is 7.52. The van der Waals surface area contributed by atoms with Gasteiger partial charge in [0.05, 0.1) is 0 Å². The number of rotatable bonds is 10. The van der Waals surface area contributed by atoms with Gasteiger partial charge in [0.2, 0.25) is 0 Å². The maximum atomic E-state index is 5.30. The minimum Gasteiger partial charge on any atom is -0.385 e. The van der Waals surface area contributed by atoms with Gasteiger partial charge in [0, 0.05) is 46.9 Å². The molecule has 2 aliphatic rings. The van der Waals surface area contributed by atoms with Gasteiger partial charge in [-0.1, -0.05) is 36.8 Å². The van der Waals surface area contributed by atoms with Gasteiger partial charge >= 0.3 is 0 Å². The van der Waals surface area contributed by atoms with Gasteiger partial charge in [-0.05, 0) is 55.5 Å². The first kappa shape index (κ1) is 24.4. The van der Waals surface area contributed by atoms with Crippen LogP contribution in [0.15, 0.2) is 35.3 Å². The van der Waals surface area contributed by atoms with Crippen LogP contribution in [0, 0.1) is 11.3 Å². The van der Waals surface area contributed by atoms with Crippen LogP contribution in [0.1, 0.15) is 37.7 Å². The maximum absolute atomic E-state index is 5.30. The summed E-state index contributed by atoms with van der Waals surface area (Å²) in [5.74, 6) is 1.66. The second-order valence-electron chi connectivity index (χ2n) is 8.59. The van der Waals surface area contributed by atoms with Gasteiger partial charge in [-0.25, -0.2) is 0 Å². The van der Waals surface area contributed by atoms with E-state index < -0.39 is 0 Å². The molecule has 0 amide bonds. The number of nitrogens with one attached hydrogen (secondary N) is 2. The lowest BCUT2D eigenvalue weighted by Crippen LogP contribution is -2.47. The molecule has 1 saturated heterocycles. The molecule has 3 rings (SSSR count). The first-order valence-corrected chi connectivity index (χ1v) is 10.9. The van der Waals surface area contributed by atoms with Crippen molar-refractivity contribution < 1.29 is 4.74 Å². The fraction of sp³-hybridized carbons (Fsp3) is 0.696. The van der Waals surface area contributed by atoms with Crippen molar-refractivity contribution in [1.82, 2.24) is 15.5 Å². The molecule has 1 atom stereocenters. The van der Waals surface area contributed by atoms with Crippen LogP contribution in [0.2, 0.25) is 0 Å². The van der Waals surface area contributed by atoms with Gasteiger partial charge in [-0.2, -0.15) is 0 Å². The smallest absolute Gasteiger partial charge is 0.191 e. The molecule has 1 aliphatic carbocycles. The molecule has 2 N–H and O–H groups in total. The zero-order valence-electron chi connectivity index (χ0n) is 18.2. The molecule has 1 saturated carbocycles. The number of likely N-dealkylation sites (tertiary alicyclic amines) is 1. The van der Waals surface area contributed by atoms with E-state index >= 15 is 0 Å². The van der Waals surface area contributed by atoms with Crippen molar-refractivity contribution in [3.05, 3.63) is 35.9 Å². The van der Waals surface area contributed by atoms with E-state index in [1.807, 2.05) is 7.05 Å². The molecule has 1 aromatic rings. The van der Waals surface area contributed by atoms with Gasteiger partial charge < -0.3 is 20.3 Å². The Morgan fingerprint density at radius 2 is 2.03 bits per heavy atom. The Labute approximate surface area is 194 Å². The number of guanidine groups is 1. The predicted octanol–water partition coefficient (Wildman–Crippen LogP) is 3.54. The molecule has 29 heavy (non-hydrogen) atoms. The van der Waals surface area contributed by atoms with Gasteiger partial charge in [-0.3, -0.25) is 4.99 Å². The minimum absolute atomic E-state index is 0. The van der Waals surface area contributed by atoms with Crippen molar-refractivity contribution in [1.29, 1.82) is 0 Å². The van der Waals surface area contributed by atoms with Gasteiger partial charge in [0.15, 0.2) is 5.96 Å². The maximum Gasteiger partial charge on any atom is 0.191 e. The van der Waals surface area contributed by atoms with E-state index in [1.54, 1.807) is 7.11 Å². The molecule has 1 aromatic carbocycles.